The summed E-state index contributed by atoms with van der Waals surface area (Å²) in [5.41, 5.74) is 1.09. The fourth-order valence-corrected chi connectivity index (χ4v) is 3.32. The molecule has 2 heteroatoms. The quantitative estimate of drug-likeness (QED) is 0.902. The van der Waals surface area contributed by atoms with Crippen LogP contribution in [-0.2, 0) is 11.2 Å². The van der Waals surface area contributed by atoms with Gasteiger partial charge in [0.2, 0.25) is 5.91 Å². The molecule has 0 heterocycles. The zero-order chi connectivity index (χ0) is 14.7. The minimum atomic E-state index is 0.157. The number of benzene rings is 2. The van der Waals surface area contributed by atoms with E-state index in [0.29, 0.717) is 18.4 Å². The van der Waals surface area contributed by atoms with Gasteiger partial charge in [0.05, 0.1) is 6.42 Å². The molecule has 2 atom stereocenters. The SMILES string of the molecule is CC1CCCCC1NC(=O)Cc1ccc2ccccc2c1. The highest BCUT2D eigenvalue weighted by Gasteiger charge is 2.22. The molecule has 1 fully saturated rings. The Balaban J connectivity index is 1.65. The summed E-state index contributed by atoms with van der Waals surface area (Å²) in [4.78, 5) is 12.3. The largest absolute Gasteiger partial charge is 0.353 e. The van der Waals surface area contributed by atoms with E-state index in [9.17, 15) is 4.79 Å². The van der Waals surface area contributed by atoms with Crippen LogP contribution in [0.25, 0.3) is 10.8 Å². The molecule has 2 nitrogen and oxygen atoms in total. The number of nitrogens with one attached hydrogen (secondary N) is 1. The van der Waals surface area contributed by atoms with Gasteiger partial charge in [0.1, 0.15) is 0 Å². The summed E-state index contributed by atoms with van der Waals surface area (Å²) >= 11 is 0. The third kappa shape index (κ3) is 3.44. The molecule has 2 unspecified atom stereocenters. The molecule has 0 aromatic heterocycles. The van der Waals surface area contributed by atoms with E-state index in [1.54, 1.807) is 0 Å². The molecule has 1 amide bonds. The van der Waals surface area contributed by atoms with Crippen molar-refractivity contribution < 1.29 is 4.79 Å². The first-order valence-electron chi connectivity index (χ1n) is 7.99. The van der Waals surface area contributed by atoms with Gasteiger partial charge >= 0.3 is 0 Å². The second-order valence-electron chi connectivity index (χ2n) is 6.29. The summed E-state index contributed by atoms with van der Waals surface area (Å²) < 4.78 is 0. The van der Waals surface area contributed by atoms with E-state index in [1.165, 1.54) is 30.0 Å². The zero-order valence-corrected chi connectivity index (χ0v) is 12.6. The van der Waals surface area contributed by atoms with Crippen molar-refractivity contribution in [3.05, 3.63) is 48.0 Å². The Kier molecular flexibility index (Phi) is 4.23. The second kappa shape index (κ2) is 6.30. The van der Waals surface area contributed by atoms with Crippen LogP contribution in [0.3, 0.4) is 0 Å². The van der Waals surface area contributed by atoms with Crippen molar-refractivity contribution in [3.8, 4) is 0 Å². The molecule has 0 saturated heterocycles. The smallest absolute Gasteiger partial charge is 0.224 e. The normalized spacial score (nSPS) is 22.1. The van der Waals surface area contributed by atoms with Crippen molar-refractivity contribution in [1.29, 1.82) is 0 Å². The highest BCUT2D eigenvalue weighted by Crippen LogP contribution is 2.24. The van der Waals surface area contributed by atoms with Gasteiger partial charge < -0.3 is 5.32 Å². The van der Waals surface area contributed by atoms with Gasteiger partial charge in [-0.2, -0.15) is 0 Å². The number of carbonyl (C=O) groups is 1. The highest BCUT2D eigenvalue weighted by molar-refractivity contribution is 5.85. The van der Waals surface area contributed by atoms with Crippen LogP contribution < -0.4 is 5.32 Å². The van der Waals surface area contributed by atoms with Crippen LogP contribution in [0.2, 0.25) is 0 Å². The van der Waals surface area contributed by atoms with Gasteiger partial charge in [0, 0.05) is 6.04 Å². The Morgan fingerprint density at radius 1 is 1.10 bits per heavy atom. The van der Waals surface area contributed by atoms with Crippen molar-refractivity contribution in [3.63, 3.8) is 0 Å². The summed E-state index contributed by atoms with van der Waals surface area (Å²) in [5.74, 6) is 0.767. The first kappa shape index (κ1) is 14.1. The minimum Gasteiger partial charge on any atom is -0.353 e. The average molecular weight is 281 g/mol. The van der Waals surface area contributed by atoms with Gasteiger partial charge in [0.25, 0.3) is 0 Å². The summed E-state index contributed by atoms with van der Waals surface area (Å²) in [6.45, 7) is 2.25. The van der Waals surface area contributed by atoms with Crippen LogP contribution in [0.4, 0.5) is 0 Å². The van der Waals surface area contributed by atoms with Crippen molar-refractivity contribution in [2.75, 3.05) is 0 Å². The summed E-state index contributed by atoms with van der Waals surface area (Å²) in [6.07, 6.45) is 5.39. The van der Waals surface area contributed by atoms with Crippen molar-refractivity contribution in [2.45, 2.75) is 45.1 Å². The lowest BCUT2D eigenvalue weighted by Gasteiger charge is -2.29. The van der Waals surface area contributed by atoms with E-state index in [0.717, 1.165) is 12.0 Å². The van der Waals surface area contributed by atoms with E-state index < -0.39 is 0 Å². The average Bonchev–Trinajstić information content (AvgIpc) is 2.49. The van der Waals surface area contributed by atoms with Gasteiger partial charge in [-0.3, -0.25) is 4.79 Å². The molecule has 21 heavy (non-hydrogen) atoms. The Hall–Kier alpha value is -1.83. The Morgan fingerprint density at radius 2 is 1.86 bits per heavy atom. The van der Waals surface area contributed by atoms with Crippen molar-refractivity contribution >= 4 is 16.7 Å². The fraction of sp³-hybridized carbons (Fsp3) is 0.421. The van der Waals surface area contributed by atoms with E-state index in [1.807, 2.05) is 12.1 Å². The first-order chi connectivity index (χ1) is 10.2. The van der Waals surface area contributed by atoms with Crippen LogP contribution in [0, 0.1) is 5.92 Å². The number of fused-ring (bicyclic) bond motifs is 1. The van der Waals surface area contributed by atoms with Crippen LogP contribution in [0.15, 0.2) is 42.5 Å². The van der Waals surface area contributed by atoms with Crippen LogP contribution >= 0.6 is 0 Å². The van der Waals surface area contributed by atoms with E-state index >= 15 is 0 Å². The van der Waals surface area contributed by atoms with E-state index in [4.69, 9.17) is 0 Å². The lowest BCUT2D eigenvalue weighted by molar-refractivity contribution is -0.121. The van der Waals surface area contributed by atoms with Gasteiger partial charge in [-0.25, -0.2) is 0 Å². The van der Waals surface area contributed by atoms with Gasteiger partial charge in [0.15, 0.2) is 0 Å². The number of carbonyl (C=O) groups excluding carboxylic acids is 1. The van der Waals surface area contributed by atoms with Gasteiger partial charge in [-0.15, -0.1) is 0 Å². The maximum absolute atomic E-state index is 12.3. The lowest BCUT2D eigenvalue weighted by atomic mass is 9.86. The van der Waals surface area contributed by atoms with Crippen LogP contribution in [-0.4, -0.2) is 11.9 Å². The predicted molar refractivity (Wildman–Crippen MR) is 87.2 cm³/mol. The van der Waals surface area contributed by atoms with Crippen LogP contribution in [0.1, 0.15) is 38.2 Å². The molecule has 1 saturated carbocycles. The Morgan fingerprint density at radius 3 is 2.67 bits per heavy atom. The molecule has 0 radical (unpaired) electrons. The molecular formula is C19H23NO. The first-order valence-corrected chi connectivity index (χ1v) is 7.99. The summed E-state index contributed by atoms with van der Waals surface area (Å²) in [7, 11) is 0. The third-order valence-corrected chi connectivity index (χ3v) is 4.64. The third-order valence-electron chi connectivity index (χ3n) is 4.64. The Bertz CT molecular complexity index is 634. The second-order valence-corrected chi connectivity index (χ2v) is 6.29. The standard InChI is InChI=1S/C19H23NO/c1-14-6-2-5-9-18(14)20-19(21)13-15-10-11-16-7-3-4-8-17(16)12-15/h3-4,7-8,10-12,14,18H,2,5-6,9,13H2,1H3,(H,20,21). The lowest BCUT2D eigenvalue weighted by Crippen LogP contribution is -2.41. The maximum Gasteiger partial charge on any atom is 0.224 e. The van der Waals surface area contributed by atoms with Gasteiger partial charge in [-0.05, 0) is 35.1 Å². The fourth-order valence-electron chi connectivity index (χ4n) is 3.32. The summed E-state index contributed by atoms with van der Waals surface area (Å²) in [6, 6.07) is 14.9. The minimum absolute atomic E-state index is 0.157. The molecule has 2 aromatic carbocycles. The molecular weight excluding hydrogens is 258 g/mol. The van der Waals surface area contributed by atoms with Gasteiger partial charge in [-0.1, -0.05) is 62.2 Å². The topological polar surface area (TPSA) is 29.1 Å². The monoisotopic (exact) mass is 281 g/mol. The van der Waals surface area contributed by atoms with E-state index in [2.05, 4.69) is 42.6 Å². The highest BCUT2D eigenvalue weighted by atomic mass is 16.1. The number of hydrogen-bond donors (Lipinski definition) is 1. The summed E-state index contributed by atoms with van der Waals surface area (Å²) in [5, 5.41) is 5.65. The molecule has 3 rings (SSSR count). The molecule has 1 aliphatic carbocycles. The molecule has 0 bridgehead atoms. The number of amides is 1. The van der Waals surface area contributed by atoms with Crippen molar-refractivity contribution in [1.82, 2.24) is 5.32 Å². The molecule has 1 aliphatic rings. The van der Waals surface area contributed by atoms with Crippen LogP contribution in [0.5, 0.6) is 0 Å². The predicted octanol–water partition coefficient (Wildman–Crippen LogP) is 4.08. The molecule has 2 aromatic rings. The molecule has 110 valence electrons. The Labute approximate surface area is 126 Å². The molecule has 1 N–H and O–H groups in total. The number of hydrogen-bond acceptors (Lipinski definition) is 1. The molecule has 0 aliphatic heterocycles. The number of rotatable bonds is 3. The van der Waals surface area contributed by atoms with Crippen molar-refractivity contribution in [2.24, 2.45) is 5.92 Å². The molecule has 0 spiro atoms. The van der Waals surface area contributed by atoms with E-state index in [-0.39, 0.29) is 5.91 Å². The zero-order valence-electron chi connectivity index (χ0n) is 12.6. The maximum atomic E-state index is 12.3.